The number of nitrogens with zero attached hydrogens (tertiary/aromatic N) is 1. The Morgan fingerprint density at radius 3 is 2.57 bits per heavy atom. The maximum atomic E-state index is 12.3. The Balaban J connectivity index is 2.00. The van der Waals surface area contributed by atoms with Gasteiger partial charge < -0.3 is 14.4 Å². The van der Waals surface area contributed by atoms with Gasteiger partial charge in [0.25, 0.3) is 5.91 Å². The summed E-state index contributed by atoms with van der Waals surface area (Å²) in [6, 6.07) is 1.76. The zero-order chi connectivity index (χ0) is 17.0. The number of morpholine rings is 1. The Morgan fingerprint density at radius 2 is 1.96 bits per heavy atom. The molecule has 9 heteroatoms. The summed E-state index contributed by atoms with van der Waals surface area (Å²) in [6.45, 7) is 7.81. The van der Waals surface area contributed by atoms with Crippen LogP contribution >= 0.6 is 11.3 Å². The van der Waals surface area contributed by atoms with Crippen LogP contribution in [0.3, 0.4) is 0 Å². The van der Waals surface area contributed by atoms with Crippen LogP contribution in [-0.4, -0.2) is 51.8 Å². The zero-order valence-corrected chi connectivity index (χ0v) is 14.3. The maximum Gasteiger partial charge on any atom is 0.426 e. The minimum Gasteiger partial charge on any atom is -0.443 e. The summed E-state index contributed by atoms with van der Waals surface area (Å²) in [6.07, 6.45) is -0.719. The van der Waals surface area contributed by atoms with Crippen molar-refractivity contribution in [2.75, 3.05) is 31.2 Å². The van der Waals surface area contributed by atoms with Gasteiger partial charge in [-0.1, -0.05) is 0 Å². The third-order valence-electron chi connectivity index (χ3n) is 2.97. The molecule has 1 aromatic heterocycles. The summed E-state index contributed by atoms with van der Waals surface area (Å²) < 4.78 is 10.9. The molecule has 0 aliphatic carbocycles. The van der Waals surface area contributed by atoms with Crippen molar-refractivity contribution < 1.29 is 19.1 Å². The van der Waals surface area contributed by atoms with Crippen LogP contribution in [0.15, 0.2) is 6.07 Å². The van der Waals surface area contributed by atoms with Crippen LogP contribution in [-0.2, 0) is 9.47 Å². The largest absolute Gasteiger partial charge is 0.443 e. The van der Waals surface area contributed by atoms with E-state index in [4.69, 9.17) is 17.3 Å². The number of carbonyl (C=O) groups is 2. The molecule has 0 aromatic carbocycles. The molecule has 2 N–H and O–H groups in total. The van der Waals surface area contributed by atoms with Crippen LogP contribution in [0.25, 0.3) is 0 Å². The van der Waals surface area contributed by atoms with Crippen LogP contribution < -0.4 is 20.5 Å². The highest BCUT2D eigenvalue weighted by Gasteiger charge is 2.22. The number of hydrogen-bond acceptors (Lipinski definition) is 6. The molecule has 2 amide bonds. The number of carbonyl (C=O) groups excluding carboxylic acids is 2. The fourth-order valence-corrected chi connectivity index (χ4v) is 2.91. The molecule has 23 heavy (non-hydrogen) atoms. The summed E-state index contributed by atoms with van der Waals surface area (Å²) in [5.74, 6) is -0.431. The first-order valence-corrected chi connectivity index (χ1v) is 8.09. The van der Waals surface area contributed by atoms with Gasteiger partial charge in [0.05, 0.1) is 18.9 Å². The predicted octanol–water partition coefficient (Wildman–Crippen LogP) is 0.548. The summed E-state index contributed by atoms with van der Waals surface area (Å²) in [5.41, 5.74) is 4.70. The number of hydrogen-bond donors (Lipinski definition) is 2. The Bertz CT molecular complexity index is 579. The van der Waals surface area contributed by atoms with Crippen LogP contribution in [0.2, 0.25) is 0 Å². The fraction of sp³-hybridized carbons (Fsp3) is 0.571. The van der Waals surface area contributed by atoms with Crippen molar-refractivity contribution >= 4 is 41.6 Å². The normalized spacial score (nSPS) is 15.2. The summed E-state index contributed by atoms with van der Waals surface area (Å²) in [5, 5.41) is 0. The van der Waals surface area contributed by atoms with E-state index < -0.39 is 17.6 Å². The molecular weight excluding hydrogens is 317 g/mol. The molecule has 0 atom stereocenters. The van der Waals surface area contributed by atoms with Gasteiger partial charge in [0.2, 0.25) is 0 Å². The van der Waals surface area contributed by atoms with Crippen molar-refractivity contribution in [1.82, 2.24) is 10.9 Å². The number of anilines is 1. The third-order valence-corrected chi connectivity index (χ3v) is 3.92. The highest BCUT2D eigenvalue weighted by molar-refractivity contribution is 7.22. The Kier molecular flexibility index (Phi) is 5.53. The molecule has 1 aromatic rings. The van der Waals surface area contributed by atoms with Crippen LogP contribution in [0, 0.1) is 0 Å². The van der Waals surface area contributed by atoms with Gasteiger partial charge in [-0.25, -0.2) is 10.2 Å². The van der Waals surface area contributed by atoms with Gasteiger partial charge in [-0.15, -0.1) is 11.3 Å². The molecule has 0 spiro atoms. The smallest absolute Gasteiger partial charge is 0.426 e. The van der Waals surface area contributed by atoms with E-state index >= 15 is 0 Å². The van der Waals surface area contributed by atoms with Gasteiger partial charge in [-0.2, -0.15) is 0 Å². The predicted molar refractivity (Wildman–Crippen MR) is 89.6 cm³/mol. The highest BCUT2D eigenvalue weighted by Crippen LogP contribution is 2.25. The molecule has 1 fully saturated rings. The Hall–Kier alpha value is -1.74. The lowest BCUT2D eigenvalue weighted by Gasteiger charge is -2.28. The van der Waals surface area contributed by atoms with Crippen molar-refractivity contribution in [3.05, 3.63) is 10.9 Å². The minimum atomic E-state index is -0.719. The average molecular weight is 337 g/mol. The van der Waals surface area contributed by atoms with Gasteiger partial charge in [-0.3, -0.25) is 10.2 Å². The van der Waals surface area contributed by atoms with Crippen molar-refractivity contribution in [2.24, 2.45) is 0 Å². The second-order valence-electron chi connectivity index (χ2n) is 6.04. The molecule has 0 unspecified atom stereocenters. The molecule has 2 rings (SSSR count). The molecule has 0 saturated carbocycles. The van der Waals surface area contributed by atoms with E-state index in [1.165, 1.54) is 11.3 Å². The van der Waals surface area contributed by atoms with Crippen molar-refractivity contribution in [3.63, 3.8) is 0 Å². The molecule has 7 nitrogen and oxygen atoms in total. The summed E-state index contributed by atoms with van der Waals surface area (Å²) in [4.78, 5) is 26.4. The van der Waals surface area contributed by atoms with Gasteiger partial charge >= 0.3 is 6.09 Å². The van der Waals surface area contributed by atoms with E-state index in [1.54, 1.807) is 26.8 Å². The van der Waals surface area contributed by atoms with Crippen LogP contribution in [0.5, 0.6) is 0 Å². The van der Waals surface area contributed by atoms with E-state index in [0.717, 1.165) is 5.69 Å². The molecule has 1 aliphatic rings. The number of thiophene rings is 1. The van der Waals surface area contributed by atoms with Gasteiger partial charge in [0.1, 0.15) is 18.3 Å². The lowest BCUT2D eigenvalue weighted by atomic mass is 10.1. The average Bonchev–Trinajstić information content (AvgIpc) is 2.86. The topological polar surface area (TPSA) is 79.9 Å². The number of rotatable bonds is 2. The first kappa shape index (κ1) is 17.6. The lowest BCUT2D eigenvalue weighted by molar-refractivity contribution is 0.0484. The SMILES string of the molecule is [B]c1cc(N2CCOCC2)c(C(=O)NNC(=O)OC(C)(C)C)s1. The Morgan fingerprint density at radius 1 is 1.30 bits per heavy atom. The van der Waals surface area contributed by atoms with Crippen LogP contribution in [0.1, 0.15) is 30.4 Å². The number of ether oxygens (including phenoxy) is 2. The van der Waals surface area contributed by atoms with Gasteiger partial charge in [-0.05, 0) is 31.6 Å². The van der Waals surface area contributed by atoms with Crippen LogP contribution in [0.4, 0.5) is 10.5 Å². The fourth-order valence-electron chi connectivity index (χ4n) is 2.07. The van der Waals surface area contributed by atoms with Gasteiger partial charge in [0.15, 0.2) is 0 Å². The zero-order valence-electron chi connectivity index (χ0n) is 13.5. The standard InChI is InChI=1S/C14H20BN3O4S/c1-14(2,3)22-13(20)17-16-12(19)11-9(8-10(15)23-11)18-4-6-21-7-5-18/h8H,4-7H2,1-3H3,(H,16,19)(H,17,20). The first-order valence-electron chi connectivity index (χ1n) is 7.27. The quantitative estimate of drug-likeness (QED) is 0.609. The molecule has 2 radical (unpaired) electrons. The number of nitrogens with one attached hydrogen (secondary N) is 2. The molecule has 124 valence electrons. The van der Waals surface area contributed by atoms with E-state index in [-0.39, 0.29) is 0 Å². The molecule has 1 aliphatic heterocycles. The number of hydrazine groups is 1. The first-order chi connectivity index (χ1) is 10.8. The van der Waals surface area contributed by atoms with Crippen molar-refractivity contribution in [1.29, 1.82) is 0 Å². The molecule has 0 bridgehead atoms. The second-order valence-corrected chi connectivity index (χ2v) is 7.13. The Labute approximate surface area is 140 Å². The highest BCUT2D eigenvalue weighted by atomic mass is 32.1. The molecule has 2 heterocycles. The lowest BCUT2D eigenvalue weighted by Crippen LogP contribution is -2.44. The molecular formula is C14H20BN3O4S. The van der Waals surface area contributed by atoms with Crippen molar-refractivity contribution in [3.8, 4) is 0 Å². The van der Waals surface area contributed by atoms with E-state index in [1.807, 2.05) is 4.90 Å². The number of amides is 2. The van der Waals surface area contributed by atoms with Gasteiger partial charge in [0, 0.05) is 13.1 Å². The minimum absolute atomic E-state index is 0.431. The summed E-state index contributed by atoms with van der Waals surface area (Å²) in [7, 11) is 5.83. The third kappa shape index (κ3) is 5.14. The van der Waals surface area contributed by atoms with E-state index in [9.17, 15) is 9.59 Å². The maximum absolute atomic E-state index is 12.3. The van der Waals surface area contributed by atoms with E-state index in [0.29, 0.717) is 36.0 Å². The monoisotopic (exact) mass is 337 g/mol. The second kappa shape index (κ2) is 7.22. The summed E-state index contributed by atoms with van der Waals surface area (Å²) >= 11 is 1.17. The molecule has 1 saturated heterocycles. The van der Waals surface area contributed by atoms with Crippen molar-refractivity contribution in [2.45, 2.75) is 26.4 Å². The van der Waals surface area contributed by atoms with E-state index in [2.05, 4.69) is 10.9 Å².